The van der Waals surface area contributed by atoms with E-state index in [0.29, 0.717) is 24.3 Å². The first kappa shape index (κ1) is 21.8. The van der Waals surface area contributed by atoms with Crippen LogP contribution >= 0.6 is 11.3 Å². The lowest BCUT2D eigenvalue weighted by Crippen LogP contribution is -2.26. The minimum Gasteiger partial charge on any atom is -0.504 e. The third kappa shape index (κ3) is 5.59. The van der Waals surface area contributed by atoms with Crippen molar-refractivity contribution in [1.29, 1.82) is 0 Å². The summed E-state index contributed by atoms with van der Waals surface area (Å²) in [6, 6.07) is 14.4. The van der Waals surface area contributed by atoms with Gasteiger partial charge in [-0.05, 0) is 59.8 Å². The molecule has 0 saturated heterocycles. The smallest absolute Gasteiger partial charge is 0.251 e. The number of carbonyl (C=O) groups excluding carboxylic acids is 1. The molecule has 1 aromatic heterocycles. The van der Waals surface area contributed by atoms with Gasteiger partial charge in [0, 0.05) is 23.5 Å². The number of nitrogens with one attached hydrogen (secondary N) is 2. The van der Waals surface area contributed by atoms with E-state index in [-0.39, 0.29) is 23.1 Å². The van der Waals surface area contributed by atoms with Crippen LogP contribution < -0.4 is 14.8 Å². The SMILES string of the molecule is COc1cc(CNC(=O)c2ccc(S(=O)(=O)NCCc3cccs3)cc2)ccc1O. The minimum atomic E-state index is -3.64. The molecule has 0 aliphatic carbocycles. The molecule has 1 amide bonds. The number of thiophene rings is 1. The third-order valence-electron chi connectivity index (χ3n) is 4.37. The molecule has 0 aliphatic heterocycles. The third-order valence-corrected chi connectivity index (χ3v) is 6.78. The molecule has 0 unspecified atom stereocenters. The Morgan fingerprint density at radius 2 is 1.90 bits per heavy atom. The summed E-state index contributed by atoms with van der Waals surface area (Å²) in [6.45, 7) is 0.543. The van der Waals surface area contributed by atoms with Crippen molar-refractivity contribution in [2.45, 2.75) is 17.9 Å². The van der Waals surface area contributed by atoms with E-state index < -0.39 is 10.0 Å². The van der Waals surface area contributed by atoms with Gasteiger partial charge >= 0.3 is 0 Å². The Bertz CT molecular complexity index is 1090. The summed E-state index contributed by atoms with van der Waals surface area (Å²) in [6.07, 6.45) is 0.624. The number of carbonyl (C=O) groups is 1. The van der Waals surface area contributed by atoms with Crippen molar-refractivity contribution < 1.29 is 23.1 Å². The van der Waals surface area contributed by atoms with E-state index in [9.17, 15) is 18.3 Å². The summed E-state index contributed by atoms with van der Waals surface area (Å²) in [7, 11) is -2.19. The Morgan fingerprint density at radius 3 is 2.57 bits per heavy atom. The number of sulfonamides is 1. The van der Waals surface area contributed by atoms with Crippen molar-refractivity contribution in [3.63, 3.8) is 0 Å². The van der Waals surface area contributed by atoms with Crippen LogP contribution in [0.4, 0.5) is 0 Å². The van der Waals surface area contributed by atoms with Crippen LogP contribution in [0.15, 0.2) is 64.9 Å². The fourth-order valence-corrected chi connectivity index (χ4v) is 4.49. The Morgan fingerprint density at radius 1 is 1.13 bits per heavy atom. The van der Waals surface area contributed by atoms with Crippen molar-refractivity contribution in [2.75, 3.05) is 13.7 Å². The summed E-state index contributed by atoms with van der Waals surface area (Å²) >= 11 is 1.58. The number of phenols is 1. The molecule has 0 fully saturated rings. The standard InChI is InChI=1S/C21H22N2O5S2/c1-28-20-13-15(4-9-19(20)24)14-22-21(25)16-5-7-18(8-6-16)30(26,27)23-11-10-17-3-2-12-29-17/h2-9,12-13,23-24H,10-11,14H2,1H3,(H,22,25). The van der Waals surface area contributed by atoms with E-state index in [4.69, 9.17) is 4.74 Å². The van der Waals surface area contributed by atoms with Gasteiger partial charge in [0.25, 0.3) is 5.91 Å². The second kappa shape index (κ2) is 9.75. The van der Waals surface area contributed by atoms with E-state index in [1.54, 1.807) is 23.5 Å². The maximum Gasteiger partial charge on any atom is 0.251 e. The minimum absolute atomic E-state index is 0.0216. The Hall–Kier alpha value is -2.88. The molecule has 3 aromatic rings. The molecular weight excluding hydrogens is 424 g/mol. The monoisotopic (exact) mass is 446 g/mol. The van der Waals surface area contributed by atoms with Gasteiger partial charge in [0.1, 0.15) is 0 Å². The Kier molecular flexibility index (Phi) is 7.09. The molecule has 0 bridgehead atoms. The van der Waals surface area contributed by atoms with E-state index in [0.717, 1.165) is 10.4 Å². The molecular formula is C21H22N2O5S2. The molecule has 2 aromatic carbocycles. The van der Waals surface area contributed by atoms with Crippen molar-refractivity contribution in [3.8, 4) is 11.5 Å². The molecule has 3 rings (SSSR count). The van der Waals surface area contributed by atoms with Crippen molar-refractivity contribution in [2.24, 2.45) is 0 Å². The predicted molar refractivity (Wildman–Crippen MR) is 115 cm³/mol. The molecule has 0 atom stereocenters. The number of hydrogen-bond acceptors (Lipinski definition) is 6. The van der Waals surface area contributed by atoms with Crippen LogP contribution in [0.25, 0.3) is 0 Å². The highest BCUT2D eigenvalue weighted by Gasteiger charge is 2.15. The fourth-order valence-electron chi connectivity index (χ4n) is 2.75. The zero-order valence-corrected chi connectivity index (χ0v) is 17.9. The van der Waals surface area contributed by atoms with E-state index in [1.165, 1.54) is 37.4 Å². The summed E-state index contributed by atoms with van der Waals surface area (Å²) < 4.78 is 32.4. The first-order valence-corrected chi connectivity index (χ1v) is 11.5. The highest BCUT2D eigenvalue weighted by atomic mass is 32.2. The van der Waals surface area contributed by atoms with Gasteiger partial charge in [-0.15, -0.1) is 11.3 Å². The number of methoxy groups -OCH3 is 1. The molecule has 30 heavy (non-hydrogen) atoms. The van der Waals surface area contributed by atoms with Gasteiger partial charge in [-0.2, -0.15) is 0 Å². The molecule has 158 valence electrons. The maximum absolute atomic E-state index is 12.4. The van der Waals surface area contributed by atoms with E-state index >= 15 is 0 Å². The van der Waals surface area contributed by atoms with Gasteiger partial charge in [0.2, 0.25) is 10.0 Å². The number of hydrogen-bond donors (Lipinski definition) is 3. The van der Waals surface area contributed by atoms with Crippen LogP contribution in [0, 0.1) is 0 Å². The number of aromatic hydroxyl groups is 1. The first-order valence-electron chi connectivity index (χ1n) is 9.15. The molecule has 1 heterocycles. The van der Waals surface area contributed by atoms with Crippen LogP contribution in [0.2, 0.25) is 0 Å². The number of amides is 1. The lowest BCUT2D eigenvalue weighted by Gasteiger charge is -2.09. The molecule has 0 spiro atoms. The highest BCUT2D eigenvalue weighted by molar-refractivity contribution is 7.89. The zero-order valence-electron chi connectivity index (χ0n) is 16.3. The topological polar surface area (TPSA) is 105 Å². The average molecular weight is 447 g/mol. The van der Waals surface area contributed by atoms with E-state index in [2.05, 4.69) is 10.0 Å². The number of phenolic OH excluding ortho intramolecular Hbond substituents is 1. The normalized spacial score (nSPS) is 11.2. The summed E-state index contributed by atoms with van der Waals surface area (Å²) in [5.41, 5.74) is 1.10. The zero-order chi connectivity index (χ0) is 21.6. The van der Waals surface area contributed by atoms with E-state index in [1.807, 2.05) is 17.5 Å². The number of benzene rings is 2. The van der Waals surface area contributed by atoms with Gasteiger partial charge in [0.05, 0.1) is 12.0 Å². The molecule has 0 aliphatic rings. The van der Waals surface area contributed by atoms with Gasteiger partial charge < -0.3 is 15.2 Å². The van der Waals surface area contributed by atoms with Gasteiger partial charge in [-0.25, -0.2) is 13.1 Å². The Balaban J connectivity index is 1.56. The largest absolute Gasteiger partial charge is 0.504 e. The Labute approximate surface area is 179 Å². The van der Waals surface area contributed by atoms with Crippen LogP contribution in [0.3, 0.4) is 0 Å². The summed E-state index contributed by atoms with van der Waals surface area (Å²) in [5.74, 6) is 0.00732. The van der Waals surface area contributed by atoms with Crippen molar-refractivity contribution in [1.82, 2.24) is 10.0 Å². The van der Waals surface area contributed by atoms with Crippen molar-refractivity contribution in [3.05, 3.63) is 76.0 Å². The number of rotatable bonds is 9. The quantitative estimate of drug-likeness (QED) is 0.469. The summed E-state index contributed by atoms with van der Waals surface area (Å²) in [4.78, 5) is 13.6. The second-order valence-electron chi connectivity index (χ2n) is 6.44. The molecule has 7 nitrogen and oxygen atoms in total. The lowest BCUT2D eigenvalue weighted by atomic mass is 10.1. The van der Waals surface area contributed by atoms with Crippen LogP contribution in [0.5, 0.6) is 11.5 Å². The molecule has 0 radical (unpaired) electrons. The van der Waals surface area contributed by atoms with Crippen molar-refractivity contribution >= 4 is 27.3 Å². The van der Waals surface area contributed by atoms with Crippen LogP contribution in [0.1, 0.15) is 20.8 Å². The average Bonchev–Trinajstić information content (AvgIpc) is 3.26. The second-order valence-corrected chi connectivity index (χ2v) is 9.24. The van der Waals surface area contributed by atoms with Gasteiger partial charge in [-0.3, -0.25) is 4.79 Å². The van der Waals surface area contributed by atoms with Crippen LogP contribution in [-0.4, -0.2) is 33.1 Å². The predicted octanol–water partition coefficient (Wildman–Crippen LogP) is 2.91. The molecule has 3 N–H and O–H groups in total. The highest BCUT2D eigenvalue weighted by Crippen LogP contribution is 2.26. The fraction of sp³-hybridized carbons (Fsp3) is 0.190. The summed E-state index contributed by atoms with van der Waals surface area (Å²) in [5, 5.41) is 14.3. The first-order chi connectivity index (χ1) is 14.4. The molecule has 9 heteroatoms. The van der Waals surface area contributed by atoms with Crippen LogP contribution in [-0.2, 0) is 23.0 Å². The molecule has 0 saturated carbocycles. The number of ether oxygens (including phenoxy) is 1. The maximum atomic E-state index is 12.4. The van der Waals surface area contributed by atoms with Gasteiger partial charge in [0.15, 0.2) is 11.5 Å². The lowest BCUT2D eigenvalue weighted by molar-refractivity contribution is 0.0950. The van der Waals surface area contributed by atoms with Gasteiger partial charge in [-0.1, -0.05) is 12.1 Å².